The van der Waals surface area contributed by atoms with Crippen LogP contribution in [0.1, 0.15) is 67.7 Å². The number of carboxylic acid groups (broad SMARTS) is 1. The molecule has 0 aromatic rings. The summed E-state index contributed by atoms with van der Waals surface area (Å²) in [5, 5.41) is 21.9. The van der Waals surface area contributed by atoms with Crippen LogP contribution >= 0.6 is 0 Å². The van der Waals surface area contributed by atoms with Crippen molar-refractivity contribution in [2.75, 3.05) is 19.8 Å². The molecule has 0 heterocycles. The first-order valence-corrected chi connectivity index (χ1v) is 10.5. The van der Waals surface area contributed by atoms with Gasteiger partial charge in [0.1, 0.15) is 5.60 Å². The van der Waals surface area contributed by atoms with Gasteiger partial charge in [-0.05, 0) is 46.5 Å². The Balaban J connectivity index is 4.89. The zero-order chi connectivity index (χ0) is 22.6. The third-order valence-electron chi connectivity index (χ3n) is 4.27. The molecule has 3 N–H and O–H groups in total. The van der Waals surface area contributed by atoms with E-state index in [1.807, 2.05) is 6.92 Å². The maximum atomic E-state index is 11.8. The fourth-order valence-corrected chi connectivity index (χ4v) is 2.75. The van der Waals surface area contributed by atoms with E-state index in [0.717, 1.165) is 19.3 Å². The van der Waals surface area contributed by atoms with E-state index in [4.69, 9.17) is 14.2 Å². The van der Waals surface area contributed by atoms with E-state index >= 15 is 0 Å². The summed E-state index contributed by atoms with van der Waals surface area (Å²) in [5.41, 5.74) is -0.728. The molecule has 0 saturated carbocycles. The Morgan fingerprint density at radius 1 is 1.07 bits per heavy atom. The van der Waals surface area contributed by atoms with Crippen molar-refractivity contribution in [3.63, 3.8) is 0 Å². The van der Waals surface area contributed by atoms with Gasteiger partial charge in [-0.15, -0.1) is 0 Å². The molecule has 0 spiro atoms. The predicted octanol–water partition coefficient (Wildman–Crippen LogP) is 3.21. The minimum absolute atomic E-state index is 0.119. The van der Waals surface area contributed by atoms with Crippen LogP contribution in [-0.4, -0.2) is 65.9 Å². The minimum atomic E-state index is -1.24. The molecule has 0 unspecified atom stereocenters. The molecule has 8 heteroatoms. The molecule has 29 heavy (non-hydrogen) atoms. The highest BCUT2D eigenvalue weighted by Gasteiger charge is 2.29. The molecule has 0 fully saturated rings. The minimum Gasteiger partial charge on any atom is -0.480 e. The Morgan fingerprint density at radius 3 is 2.14 bits per heavy atom. The van der Waals surface area contributed by atoms with Crippen LogP contribution in [0.5, 0.6) is 0 Å². The monoisotopic (exact) mass is 419 g/mol. The van der Waals surface area contributed by atoms with Gasteiger partial charge in [0.05, 0.1) is 25.4 Å². The fraction of sp³-hybridized carbons (Fsp3) is 0.905. The summed E-state index contributed by atoms with van der Waals surface area (Å²) in [4.78, 5) is 23.3. The van der Waals surface area contributed by atoms with Gasteiger partial charge in [-0.1, -0.05) is 27.2 Å². The number of carbonyl (C=O) groups is 2. The van der Waals surface area contributed by atoms with Crippen molar-refractivity contribution in [1.82, 2.24) is 5.32 Å². The lowest BCUT2D eigenvalue weighted by atomic mass is 9.89. The molecular formula is C21H41NO7. The van der Waals surface area contributed by atoms with Crippen molar-refractivity contribution in [3.8, 4) is 0 Å². The van der Waals surface area contributed by atoms with Crippen molar-refractivity contribution in [3.05, 3.63) is 0 Å². The van der Waals surface area contributed by atoms with Crippen LogP contribution in [0.15, 0.2) is 0 Å². The maximum Gasteiger partial charge on any atom is 0.408 e. The van der Waals surface area contributed by atoms with Gasteiger partial charge in [0.15, 0.2) is 6.04 Å². The second kappa shape index (κ2) is 13.8. The Labute approximate surface area is 175 Å². The zero-order valence-corrected chi connectivity index (χ0v) is 19.1. The van der Waals surface area contributed by atoms with E-state index in [2.05, 4.69) is 19.2 Å². The summed E-state index contributed by atoms with van der Waals surface area (Å²) in [6.07, 6.45) is 0.807. The van der Waals surface area contributed by atoms with Gasteiger partial charge >= 0.3 is 12.1 Å². The van der Waals surface area contributed by atoms with Crippen LogP contribution < -0.4 is 5.32 Å². The molecule has 0 aromatic carbocycles. The quantitative estimate of drug-likeness (QED) is 0.396. The molecule has 0 saturated heterocycles. The van der Waals surface area contributed by atoms with Crippen LogP contribution in [-0.2, 0) is 19.0 Å². The lowest BCUT2D eigenvalue weighted by Gasteiger charge is -2.30. The fourth-order valence-electron chi connectivity index (χ4n) is 2.75. The van der Waals surface area contributed by atoms with E-state index in [-0.39, 0.29) is 25.2 Å². The summed E-state index contributed by atoms with van der Waals surface area (Å²) < 4.78 is 16.6. The zero-order valence-electron chi connectivity index (χ0n) is 19.1. The smallest absolute Gasteiger partial charge is 0.408 e. The molecule has 0 aromatic heterocycles. The number of aliphatic hydroxyl groups excluding tert-OH is 1. The number of ether oxygens (including phenoxy) is 3. The van der Waals surface area contributed by atoms with E-state index < -0.39 is 29.8 Å². The topological polar surface area (TPSA) is 114 Å². The summed E-state index contributed by atoms with van der Waals surface area (Å²) in [6.45, 7) is 13.5. The molecule has 0 radical (unpaired) electrons. The number of hydrogen-bond donors (Lipinski definition) is 3. The molecule has 8 nitrogen and oxygen atoms in total. The van der Waals surface area contributed by atoms with Crippen LogP contribution in [0.2, 0.25) is 0 Å². The standard InChI is InChI=1S/C21H41NO7/c1-8-11-28-18(16(15(4)23)10-9-14(2)3)13-27-12-17(19(24)25)22-20(26)29-21(5,6)7/h14-18,23H,8-13H2,1-7H3,(H,22,26)(H,24,25)/t15-,16-,17-,18+/m0/s1. The van der Waals surface area contributed by atoms with Crippen molar-refractivity contribution in [2.24, 2.45) is 11.8 Å². The number of alkyl carbamates (subject to hydrolysis) is 1. The van der Waals surface area contributed by atoms with Gasteiger partial charge in [-0.25, -0.2) is 9.59 Å². The van der Waals surface area contributed by atoms with Gasteiger partial charge in [0.2, 0.25) is 0 Å². The number of amides is 1. The van der Waals surface area contributed by atoms with Gasteiger partial charge in [0, 0.05) is 12.5 Å². The predicted molar refractivity (Wildman–Crippen MR) is 111 cm³/mol. The number of carbonyl (C=O) groups excluding carboxylic acids is 1. The highest BCUT2D eigenvalue weighted by atomic mass is 16.6. The number of rotatable bonds is 14. The third kappa shape index (κ3) is 13.5. The SMILES string of the molecule is CCCO[C@H](COC[C@H](NC(=O)OC(C)(C)C)C(=O)O)[C@@H](CCC(C)C)[C@H](C)O. The van der Waals surface area contributed by atoms with Crippen molar-refractivity contribution < 1.29 is 34.0 Å². The molecule has 0 rings (SSSR count). The van der Waals surface area contributed by atoms with Gasteiger partial charge < -0.3 is 29.7 Å². The van der Waals surface area contributed by atoms with Crippen LogP contribution in [0, 0.1) is 11.8 Å². The third-order valence-corrected chi connectivity index (χ3v) is 4.27. The molecule has 172 valence electrons. The maximum absolute atomic E-state index is 11.8. The summed E-state index contributed by atoms with van der Waals surface area (Å²) in [5.74, 6) is -0.835. The average molecular weight is 420 g/mol. The first-order chi connectivity index (χ1) is 13.4. The van der Waals surface area contributed by atoms with Crippen molar-refractivity contribution in [2.45, 2.75) is 91.6 Å². The number of hydrogen-bond acceptors (Lipinski definition) is 6. The first kappa shape index (κ1) is 27.6. The van der Waals surface area contributed by atoms with E-state index in [1.165, 1.54) is 0 Å². The van der Waals surface area contributed by atoms with Crippen molar-refractivity contribution in [1.29, 1.82) is 0 Å². The Kier molecular flexibility index (Phi) is 13.1. The molecular weight excluding hydrogens is 378 g/mol. The normalized spacial score (nSPS) is 16.2. The molecule has 0 aliphatic heterocycles. The highest BCUT2D eigenvalue weighted by Crippen LogP contribution is 2.22. The number of aliphatic hydroxyl groups is 1. The van der Waals surface area contributed by atoms with Crippen LogP contribution in [0.25, 0.3) is 0 Å². The highest BCUT2D eigenvalue weighted by molar-refractivity contribution is 5.80. The lowest BCUT2D eigenvalue weighted by Crippen LogP contribution is -2.46. The molecule has 1 amide bonds. The molecule has 4 atom stereocenters. The summed E-state index contributed by atoms with van der Waals surface area (Å²) >= 11 is 0. The Bertz CT molecular complexity index is 474. The van der Waals surface area contributed by atoms with Gasteiger partial charge in [0.25, 0.3) is 0 Å². The lowest BCUT2D eigenvalue weighted by molar-refractivity contribution is -0.142. The largest absolute Gasteiger partial charge is 0.480 e. The molecule has 0 bridgehead atoms. The van der Waals surface area contributed by atoms with Crippen LogP contribution in [0.4, 0.5) is 4.79 Å². The Hall–Kier alpha value is -1.38. The van der Waals surface area contributed by atoms with Crippen LogP contribution in [0.3, 0.4) is 0 Å². The molecule has 0 aliphatic rings. The van der Waals surface area contributed by atoms with E-state index in [9.17, 15) is 19.8 Å². The van der Waals surface area contributed by atoms with Gasteiger partial charge in [-0.3, -0.25) is 0 Å². The Morgan fingerprint density at radius 2 is 1.69 bits per heavy atom. The molecule has 0 aliphatic carbocycles. The average Bonchev–Trinajstić information content (AvgIpc) is 2.55. The number of nitrogens with one attached hydrogen (secondary N) is 1. The van der Waals surface area contributed by atoms with E-state index in [1.54, 1.807) is 27.7 Å². The number of carboxylic acids is 1. The summed E-state index contributed by atoms with van der Waals surface area (Å²) in [6, 6.07) is -1.24. The first-order valence-electron chi connectivity index (χ1n) is 10.5. The van der Waals surface area contributed by atoms with Crippen molar-refractivity contribution >= 4 is 12.1 Å². The van der Waals surface area contributed by atoms with Gasteiger partial charge in [-0.2, -0.15) is 0 Å². The second-order valence-corrected chi connectivity index (χ2v) is 8.86. The number of aliphatic carboxylic acids is 1. The van der Waals surface area contributed by atoms with E-state index in [0.29, 0.717) is 12.5 Å². The second-order valence-electron chi connectivity index (χ2n) is 8.86. The summed E-state index contributed by atoms with van der Waals surface area (Å²) in [7, 11) is 0.